The molecule has 2 N–H and O–H groups in total. The van der Waals surface area contributed by atoms with Crippen molar-refractivity contribution in [2.75, 3.05) is 45.9 Å². The van der Waals surface area contributed by atoms with Crippen LogP contribution in [0.2, 0.25) is 0 Å². The second-order valence-corrected chi connectivity index (χ2v) is 7.23. The highest BCUT2D eigenvalue weighted by Crippen LogP contribution is 2.11. The van der Waals surface area contributed by atoms with Crippen molar-refractivity contribution in [2.45, 2.75) is 26.8 Å². The van der Waals surface area contributed by atoms with Crippen LogP contribution >= 0.6 is 24.0 Å². The lowest BCUT2D eigenvalue weighted by molar-refractivity contribution is 0.0389. The fraction of sp³-hybridized carbons (Fsp3) is 0.500. The fourth-order valence-corrected chi connectivity index (χ4v) is 3.28. The third-order valence-electron chi connectivity index (χ3n) is 4.97. The Morgan fingerprint density at radius 1 is 1.10 bits per heavy atom. The molecule has 1 fully saturated rings. The first kappa shape index (κ1) is 23.7. The van der Waals surface area contributed by atoms with E-state index in [1.54, 1.807) is 6.26 Å². The topological polar surface area (TPSA) is 62.0 Å². The van der Waals surface area contributed by atoms with Crippen LogP contribution in [0.15, 0.2) is 46.0 Å². The number of halogens is 1. The van der Waals surface area contributed by atoms with Crippen molar-refractivity contribution in [1.82, 2.24) is 15.5 Å². The minimum atomic E-state index is 0. The molecule has 1 aromatic heterocycles. The van der Waals surface area contributed by atoms with Crippen molar-refractivity contribution in [3.63, 3.8) is 0 Å². The van der Waals surface area contributed by atoms with E-state index in [1.165, 1.54) is 16.7 Å². The van der Waals surface area contributed by atoms with Gasteiger partial charge in [0.2, 0.25) is 0 Å². The molecular formula is C22H33IN4O2. The van der Waals surface area contributed by atoms with Gasteiger partial charge in [0, 0.05) is 39.1 Å². The molecule has 1 aliphatic rings. The normalized spacial score (nSPS) is 15.0. The number of ether oxygens (including phenoxy) is 1. The van der Waals surface area contributed by atoms with Gasteiger partial charge in [-0.15, -0.1) is 24.0 Å². The SMILES string of the molecule is Cc1ccc(CN=C(NCCc2ccco2)NCCN2CCOCC2)c(C)c1.I. The molecule has 3 rings (SSSR count). The largest absolute Gasteiger partial charge is 0.469 e. The lowest BCUT2D eigenvalue weighted by Gasteiger charge is -2.26. The molecule has 0 amide bonds. The summed E-state index contributed by atoms with van der Waals surface area (Å²) in [6.07, 6.45) is 2.55. The van der Waals surface area contributed by atoms with Gasteiger partial charge >= 0.3 is 0 Å². The summed E-state index contributed by atoms with van der Waals surface area (Å²) in [5.74, 6) is 1.83. The number of morpholine rings is 1. The van der Waals surface area contributed by atoms with Crippen LogP contribution in [0.25, 0.3) is 0 Å². The van der Waals surface area contributed by atoms with Crippen LogP contribution in [0.5, 0.6) is 0 Å². The van der Waals surface area contributed by atoms with Crippen LogP contribution < -0.4 is 10.6 Å². The third-order valence-corrected chi connectivity index (χ3v) is 4.97. The number of aryl methyl sites for hydroxylation is 2. The van der Waals surface area contributed by atoms with E-state index in [4.69, 9.17) is 14.1 Å². The van der Waals surface area contributed by atoms with E-state index in [-0.39, 0.29) is 24.0 Å². The molecule has 0 aliphatic carbocycles. The average Bonchev–Trinajstić information content (AvgIpc) is 3.21. The van der Waals surface area contributed by atoms with E-state index in [1.807, 2.05) is 12.1 Å². The number of nitrogens with one attached hydrogen (secondary N) is 2. The van der Waals surface area contributed by atoms with Crippen LogP contribution in [0.3, 0.4) is 0 Å². The summed E-state index contributed by atoms with van der Waals surface area (Å²) in [5.41, 5.74) is 3.82. The quantitative estimate of drug-likeness (QED) is 0.324. The Labute approximate surface area is 191 Å². The molecule has 160 valence electrons. The number of guanidine groups is 1. The third kappa shape index (κ3) is 8.36. The molecule has 1 saturated heterocycles. The van der Waals surface area contributed by atoms with E-state index < -0.39 is 0 Å². The van der Waals surface area contributed by atoms with Crippen LogP contribution in [0, 0.1) is 13.8 Å². The second-order valence-electron chi connectivity index (χ2n) is 7.23. The Kier molecular flexibility index (Phi) is 10.5. The molecule has 2 aromatic rings. The van der Waals surface area contributed by atoms with Crippen LogP contribution in [-0.2, 0) is 17.7 Å². The van der Waals surface area contributed by atoms with E-state index in [0.717, 1.165) is 64.1 Å². The lowest BCUT2D eigenvalue weighted by atomic mass is 10.1. The van der Waals surface area contributed by atoms with Gasteiger partial charge in [-0.3, -0.25) is 4.90 Å². The standard InChI is InChI=1S/C22H32N4O2.HI/c1-18-5-6-20(19(2)16-18)17-25-22(23-8-7-21-4-3-13-28-21)24-9-10-26-11-14-27-15-12-26;/h3-6,13,16H,7-12,14-15,17H2,1-2H3,(H2,23,24,25);1H. The van der Waals surface area contributed by atoms with Crippen molar-refractivity contribution in [3.05, 3.63) is 59.0 Å². The summed E-state index contributed by atoms with van der Waals surface area (Å²) in [5, 5.41) is 6.91. The predicted octanol–water partition coefficient (Wildman–Crippen LogP) is 3.12. The molecular weight excluding hydrogens is 479 g/mol. The first-order chi connectivity index (χ1) is 13.7. The number of nitrogens with zero attached hydrogens (tertiary/aromatic N) is 2. The first-order valence-electron chi connectivity index (χ1n) is 10.1. The summed E-state index contributed by atoms with van der Waals surface area (Å²) in [7, 11) is 0. The molecule has 1 aliphatic heterocycles. The Morgan fingerprint density at radius 3 is 2.62 bits per heavy atom. The summed E-state index contributed by atoms with van der Waals surface area (Å²) in [6.45, 7) is 11.2. The molecule has 7 heteroatoms. The minimum absolute atomic E-state index is 0. The van der Waals surface area contributed by atoms with Crippen molar-refractivity contribution in [3.8, 4) is 0 Å². The van der Waals surface area contributed by atoms with Gasteiger partial charge in [-0.25, -0.2) is 4.99 Å². The van der Waals surface area contributed by atoms with E-state index in [9.17, 15) is 0 Å². The number of hydrogen-bond donors (Lipinski definition) is 2. The Bertz CT molecular complexity index is 743. The van der Waals surface area contributed by atoms with Crippen molar-refractivity contribution < 1.29 is 9.15 Å². The van der Waals surface area contributed by atoms with Crippen LogP contribution in [-0.4, -0.2) is 56.8 Å². The van der Waals surface area contributed by atoms with Crippen molar-refractivity contribution in [1.29, 1.82) is 0 Å². The molecule has 2 heterocycles. The maximum atomic E-state index is 5.42. The lowest BCUT2D eigenvalue weighted by Crippen LogP contribution is -2.44. The maximum Gasteiger partial charge on any atom is 0.191 e. The van der Waals surface area contributed by atoms with Crippen LogP contribution in [0.1, 0.15) is 22.5 Å². The molecule has 29 heavy (non-hydrogen) atoms. The van der Waals surface area contributed by atoms with Gasteiger partial charge in [0.1, 0.15) is 5.76 Å². The van der Waals surface area contributed by atoms with Gasteiger partial charge in [-0.05, 0) is 37.1 Å². The van der Waals surface area contributed by atoms with E-state index >= 15 is 0 Å². The highest BCUT2D eigenvalue weighted by Gasteiger charge is 2.10. The summed E-state index contributed by atoms with van der Waals surface area (Å²) >= 11 is 0. The second kappa shape index (κ2) is 12.9. The maximum absolute atomic E-state index is 5.42. The molecule has 0 saturated carbocycles. The first-order valence-corrected chi connectivity index (χ1v) is 10.1. The minimum Gasteiger partial charge on any atom is -0.469 e. The van der Waals surface area contributed by atoms with Gasteiger partial charge < -0.3 is 19.8 Å². The molecule has 0 radical (unpaired) electrons. The zero-order valence-electron chi connectivity index (χ0n) is 17.4. The monoisotopic (exact) mass is 512 g/mol. The molecule has 0 spiro atoms. The summed E-state index contributed by atoms with van der Waals surface area (Å²) in [4.78, 5) is 7.22. The zero-order valence-corrected chi connectivity index (χ0v) is 19.8. The molecule has 1 aromatic carbocycles. The number of benzene rings is 1. The Hall–Kier alpha value is -1.58. The molecule has 0 unspecified atom stereocenters. The Morgan fingerprint density at radius 2 is 1.90 bits per heavy atom. The number of rotatable bonds is 8. The highest BCUT2D eigenvalue weighted by atomic mass is 127. The zero-order chi connectivity index (χ0) is 19.6. The fourth-order valence-electron chi connectivity index (χ4n) is 3.28. The van der Waals surface area contributed by atoms with Crippen LogP contribution in [0.4, 0.5) is 0 Å². The van der Waals surface area contributed by atoms with Gasteiger partial charge in [0.25, 0.3) is 0 Å². The smallest absolute Gasteiger partial charge is 0.191 e. The predicted molar refractivity (Wildman–Crippen MR) is 128 cm³/mol. The van der Waals surface area contributed by atoms with Crippen molar-refractivity contribution >= 4 is 29.9 Å². The number of hydrogen-bond acceptors (Lipinski definition) is 4. The van der Waals surface area contributed by atoms with E-state index in [0.29, 0.717) is 6.54 Å². The molecule has 6 nitrogen and oxygen atoms in total. The molecule has 0 bridgehead atoms. The highest BCUT2D eigenvalue weighted by molar-refractivity contribution is 14.0. The van der Waals surface area contributed by atoms with Gasteiger partial charge in [0.15, 0.2) is 5.96 Å². The van der Waals surface area contributed by atoms with Gasteiger partial charge in [-0.2, -0.15) is 0 Å². The number of furan rings is 1. The summed E-state index contributed by atoms with van der Waals surface area (Å²) < 4.78 is 10.8. The van der Waals surface area contributed by atoms with Gasteiger partial charge in [-0.1, -0.05) is 23.8 Å². The Balaban J connectivity index is 0.00000300. The average molecular weight is 512 g/mol. The number of aliphatic imine (C=N–C) groups is 1. The molecule has 0 atom stereocenters. The summed E-state index contributed by atoms with van der Waals surface area (Å²) in [6, 6.07) is 10.4. The van der Waals surface area contributed by atoms with Gasteiger partial charge in [0.05, 0.1) is 26.0 Å². The van der Waals surface area contributed by atoms with E-state index in [2.05, 4.69) is 47.6 Å². The van der Waals surface area contributed by atoms with Crippen molar-refractivity contribution in [2.24, 2.45) is 4.99 Å².